The van der Waals surface area contributed by atoms with Crippen LogP contribution in [0.5, 0.6) is 0 Å². The zero-order chi connectivity index (χ0) is 21.9. The van der Waals surface area contributed by atoms with E-state index in [0.29, 0.717) is 19.3 Å². The Kier molecular flexibility index (Phi) is 5.82. The van der Waals surface area contributed by atoms with Crippen molar-refractivity contribution in [3.63, 3.8) is 0 Å². The van der Waals surface area contributed by atoms with Crippen LogP contribution in [0.1, 0.15) is 53.4 Å². The molecule has 7 atom stereocenters. The van der Waals surface area contributed by atoms with Crippen LogP contribution in [0.3, 0.4) is 0 Å². The van der Waals surface area contributed by atoms with Crippen molar-refractivity contribution in [2.24, 2.45) is 22.7 Å². The van der Waals surface area contributed by atoms with Crippen molar-refractivity contribution in [1.82, 2.24) is 0 Å². The normalized spacial score (nSPS) is 46.8. The predicted molar refractivity (Wildman–Crippen MR) is 124 cm³/mol. The van der Waals surface area contributed by atoms with Gasteiger partial charge in [0.1, 0.15) is 0 Å². The molecule has 0 saturated heterocycles. The van der Waals surface area contributed by atoms with E-state index in [1.54, 1.807) is 19.3 Å². The molecule has 1 unspecified atom stereocenters. The fourth-order valence-electron chi connectivity index (χ4n) is 7.39. The molecular formula is C24H35FO3S2. The summed E-state index contributed by atoms with van der Waals surface area (Å²) in [5.74, 6) is 1.75. The van der Waals surface area contributed by atoms with Gasteiger partial charge in [-0.3, -0.25) is 4.79 Å². The lowest BCUT2D eigenvalue weighted by Gasteiger charge is -2.63. The molecule has 0 amide bonds. The second kappa shape index (κ2) is 7.64. The number of aliphatic hydroxyl groups is 1. The van der Waals surface area contributed by atoms with E-state index < -0.39 is 17.2 Å². The van der Waals surface area contributed by atoms with Gasteiger partial charge in [-0.2, -0.15) is 0 Å². The number of aliphatic hydroxyl groups excluding tert-OH is 1. The molecule has 0 radical (unpaired) electrons. The molecule has 0 aromatic rings. The minimum atomic E-state index is -1.76. The van der Waals surface area contributed by atoms with Crippen LogP contribution < -0.4 is 0 Å². The highest BCUT2D eigenvalue weighted by Gasteiger charge is 2.75. The highest BCUT2D eigenvalue weighted by molar-refractivity contribution is 8.18. The molecule has 0 aromatic heterocycles. The van der Waals surface area contributed by atoms with E-state index in [4.69, 9.17) is 4.74 Å². The van der Waals surface area contributed by atoms with Gasteiger partial charge in [-0.05, 0) is 67.6 Å². The molecule has 30 heavy (non-hydrogen) atoms. The molecule has 4 aliphatic carbocycles. The topological polar surface area (TPSA) is 46.5 Å². The van der Waals surface area contributed by atoms with Crippen LogP contribution >= 0.6 is 23.5 Å². The highest BCUT2D eigenvalue weighted by atomic mass is 32.2. The largest absolute Gasteiger partial charge is 0.390 e. The van der Waals surface area contributed by atoms with Crippen molar-refractivity contribution < 1.29 is 19.0 Å². The minimum absolute atomic E-state index is 0.0326. The smallest absolute Gasteiger partial charge is 0.178 e. The molecule has 0 spiro atoms. The Morgan fingerprint density at radius 3 is 2.50 bits per heavy atom. The van der Waals surface area contributed by atoms with Gasteiger partial charge in [0.2, 0.25) is 0 Å². The zero-order valence-corrected chi connectivity index (χ0v) is 20.4. The third kappa shape index (κ3) is 2.69. The van der Waals surface area contributed by atoms with Gasteiger partial charge in [0.15, 0.2) is 11.5 Å². The SMILES string of the molecule is CCSC1(SCC)[C@H](OC)C[C@H]2[C@@H]3CCC4=CC(=O)C=C[C@]4(C)C3(F)[C@H](O)C[C@@]21C. The van der Waals surface area contributed by atoms with Crippen molar-refractivity contribution in [2.45, 2.75) is 75.3 Å². The van der Waals surface area contributed by atoms with Crippen molar-refractivity contribution in [1.29, 1.82) is 0 Å². The van der Waals surface area contributed by atoms with Gasteiger partial charge in [0.05, 0.1) is 16.3 Å². The molecule has 168 valence electrons. The first-order valence-electron chi connectivity index (χ1n) is 11.3. The molecule has 3 fully saturated rings. The Balaban J connectivity index is 1.83. The van der Waals surface area contributed by atoms with Crippen LogP contribution in [0.15, 0.2) is 23.8 Å². The number of hydrogen-bond acceptors (Lipinski definition) is 5. The fourth-order valence-corrected chi connectivity index (χ4v) is 11.2. The molecule has 4 rings (SSSR count). The first-order chi connectivity index (χ1) is 14.1. The number of halogens is 1. The Hall–Kier alpha value is -0.300. The standard InChI is InChI=1S/C24H35FO3S2/c1-6-29-24(30-7-2)20(28-5)13-18-17-9-8-15-12-16(26)10-11-21(15,3)23(17,25)19(27)14-22(18,24)4/h10-12,17-20,27H,6-9,13-14H2,1-5H3/t17-,18-,19+,20+,21-,22-,23?/m0/s1. The number of rotatable bonds is 5. The Morgan fingerprint density at radius 1 is 1.23 bits per heavy atom. The zero-order valence-electron chi connectivity index (χ0n) is 18.7. The number of methoxy groups -OCH3 is 1. The summed E-state index contributed by atoms with van der Waals surface area (Å²) in [4.78, 5) is 12.0. The van der Waals surface area contributed by atoms with E-state index in [9.17, 15) is 9.90 Å². The van der Waals surface area contributed by atoms with Gasteiger partial charge in [-0.25, -0.2) is 4.39 Å². The van der Waals surface area contributed by atoms with Crippen LogP contribution in [0.2, 0.25) is 0 Å². The number of carbonyl (C=O) groups excluding carboxylic acids is 1. The maximum absolute atomic E-state index is 17.2. The molecule has 1 N–H and O–H groups in total. The molecule has 6 heteroatoms. The number of ketones is 1. The van der Waals surface area contributed by atoms with Crippen LogP contribution in [0.25, 0.3) is 0 Å². The summed E-state index contributed by atoms with van der Waals surface area (Å²) < 4.78 is 23.1. The Morgan fingerprint density at radius 2 is 1.90 bits per heavy atom. The van der Waals surface area contributed by atoms with Gasteiger partial charge in [0, 0.05) is 18.4 Å². The summed E-state index contributed by atoms with van der Waals surface area (Å²) >= 11 is 3.85. The number of fused-ring (bicyclic) bond motifs is 5. The number of carbonyl (C=O) groups is 1. The third-order valence-electron chi connectivity index (χ3n) is 8.72. The van der Waals surface area contributed by atoms with Gasteiger partial charge in [-0.1, -0.05) is 32.4 Å². The van der Waals surface area contributed by atoms with E-state index in [1.807, 2.05) is 30.4 Å². The van der Waals surface area contributed by atoms with E-state index in [0.717, 1.165) is 23.5 Å². The highest BCUT2D eigenvalue weighted by Crippen LogP contribution is 2.74. The minimum Gasteiger partial charge on any atom is -0.390 e. The molecule has 4 aliphatic rings. The summed E-state index contributed by atoms with van der Waals surface area (Å²) in [5.41, 5.74) is -2.07. The summed E-state index contributed by atoms with van der Waals surface area (Å²) in [7, 11) is 1.78. The lowest BCUT2D eigenvalue weighted by Crippen LogP contribution is -2.67. The summed E-state index contributed by atoms with van der Waals surface area (Å²) in [6.07, 6.45) is 6.44. The Labute approximate surface area is 188 Å². The summed E-state index contributed by atoms with van der Waals surface area (Å²) in [6, 6.07) is 0. The average Bonchev–Trinajstić information content (AvgIpc) is 2.92. The van der Waals surface area contributed by atoms with Crippen LogP contribution in [-0.2, 0) is 9.53 Å². The van der Waals surface area contributed by atoms with Crippen LogP contribution in [0.4, 0.5) is 4.39 Å². The lowest BCUT2D eigenvalue weighted by atomic mass is 9.46. The monoisotopic (exact) mass is 454 g/mol. The number of ether oxygens (including phenoxy) is 1. The van der Waals surface area contributed by atoms with E-state index in [-0.39, 0.29) is 33.2 Å². The number of hydrogen-bond donors (Lipinski definition) is 1. The first kappa shape index (κ1) is 22.9. The molecule has 3 nitrogen and oxygen atoms in total. The summed E-state index contributed by atoms with van der Waals surface area (Å²) in [6.45, 7) is 8.51. The van der Waals surface area contributed by atoms with Gasteiger partial charge in [0.25, 0.3) is 0 Å². The van der Waals surface area contributed by atoms with Crippen molar-refractivity contribution in [3.8, 4) is 0 Å². The average molecular weight is 455 g/mol. The van der Waals surface area contributed by atoms with Crippen LogP contribution in [0, 0.1) is 22.7 Å². The lowest BCUT2D eigenvalue weighted by molar-refractivity contribution is -0.189. The summed E-state index contributed by atoms with van der Waals surface area (Å²) in [5, 5.41) is 11.5. The number of alkyl halides is 1. The third-order valence-corrected chi connectivity index (χ3v) is 12.3. The second-order valence-corrected chi connectivity index (χ2v) is 13.0. The Bertz CT molecular complexity index is 776. The second-order valence-electron chi connectivity index (χ2n) is 9.76. The van der Waals surface area contributed by atoms with Gasteiger partial charge < -0.3 is 9.84 Å². The quantitative estimate of drug-likeness (QED) is 0.580. The maximum atomic E-state index is 17.2. The maximum Gasteiger partial charge on any atom is 0.178 e. The predicted octanol–water partition coefficient (Wildman–Crippen LogP) is 5.18. The molecule has 0 heterocycles. The van der Waals surface area contributed by atoms with E-state index in [1.165, 1.54) is 6.08 Å². The van der Waals surface area contributed by atoms with Crippen molar-refractivity contribution in [2.75, 3.05) is 18.6 Å². The van der Waals surface area contributed by atoms with Crippen molar-refractivity contribution in [3.05, 3.63) is 23.8 Å². The molecular weight excluding hydrogens is 419 g/mol. The number of allylic oxidation sites excluding steroid dienone is 4. The van der Waals surface area contributed by atoms with E-state index in [2.05, 4.69) is 20.8 Å². The fraction of sp³-hybridized carbons (Fsp3) is 0.792. The van der Waals surface area contributed by atoms with Crippen LogP contribution in [-0.4, -0.2) is 51.5 Å². The van der Waals surface area contributed by atoms with E-state index >= 15 is 4.39 Å². The van der Waals surface area contributed by atoms with Gasteiger partial charge in [-0.15, -0.1) is 23.5 Å². The molecule has 0 aromatic carbocycles. The van der Waals surface area contributed by atoms with Gasteiger partial charge >= 0.3 is 0 Å². The molecule has 0 aliphatic heterocycles. The first-order valence-corrected chi connectivity index (χ1v) is 13.2. The molecule has 3 saturated carbocycles. The number of thioether (sulfide) groups is 2. The molecule has 0 bridgehead atoms. The van der Waals surface area contributed by atoms with Crippen molar-refractivity contribution >= 4 is 29.3 Å².